The standard InChI is InChI=1S/C15H19F2NO2/c1-8(7-19)9(2)18-15(20)13-6-11(13)12-5-10(16)3-4-14(12)17/h3-5,8-9,11,13,19H,6-7H2,1-2H3,(H,18,20). The van der Waals surface area contributed by atoms with E-state index in [9.17, 15) is 13.6 Å². The highest BCUT2D eigenvalue weighted by atomic mass is 19.1. The van der Waals surface area contributed by atoms with Crippen molar-refractivity contribution < 1.29 is 18.7 Å². The maximum absolute atomic E-state index is 13.6. The average Bonchev–Trinajstić information content (AvgIpc) is 3.20. The summed E-state index contributed by atoms with van der Waals surface area (Å²) in [4.78, 5) is 12.0. The molecule has 0 aliphatic heterocycles. The Kier molecular flexibility index (Phi) is 4.38. The predicted octanol–water partition coefficient (Wildman–Crippen LogP) is 2.20. The molecular weight excluding hydrogens is 264 g/mol. The third-order valence-corrected chi connectivity index (χ3v) is 4.00. The van der Waals surface area contributed by atoms with Gasteiger partial charge >= 0.3 is 0 Å². The van der Waals surface area contributed by atoms with Gasteiger partial charge in [-0.05, 0) is 48.9 Å². The maximum atomic E-state index is 13.6. The van der Waals surface area contributed by atoms with Crippen LogP contribution in [-0.4, -0.2) is 23.7 Å². The van der Waals surface area contributed by atoms with Crippen molar-refractivity contribution in [1.29, 1.82) is 0 Å². The van der Waals surface area contributed by atoms with Gasteiger partial charge in [0.15, 0.2) is 0 Å². The van der Waals surface area contributed by atoms with Gasteiger partial charge in [0.05, 0.1) is 0 Å². The van der Waals surface area contributed by atoms with Crippen LogP contribution in [0.1, 0.15) is 31.7 Å². The highest BCUT2D eigenvalue weighted by Gasteiger charge is 2.45. The van der Waals surface area contributed by atoms with Gasteiger partial charge in [0.25, 0.3) is 0 Å². The zero-order valence-electron chi connectivity index (χ0n) is 11.6. The predicted molar refractivity (Wildman–Crippen MR) is 71.1 cm³/mol. The molecule has 4 unspecified atom stereocenters. The Labute approximate surface area is 117 Å². The van der Waals surface area contributed by atoms with Crippen LogP contribution in [0.5, 0.6) is 0 Å². The SMILES string of the molecule is CC(CO)C(C)NC(=O)C1CC1c1cc(F)ccc1F. The molecule has 2 N–H and O–H groups in total. The van der Waals surface area contributed by atoms with E-state index in [-0.39, 0.29) is 41.9 Å². The van der Waals surface area contributed by atoms with Gasteiger partial charge in [-0.15, -0.1) is 0 Å². The molecule has 20 heavy (non-hydrogen) atoms. The zero-order chi connectivity index (χ0) is 14.9. The largest absolute Gasteiger partial charge is 0.396 e. The summed E-state index contributed by atoms with van der Waals surface area (Å²) >= 11 is 0. The summed E-state index contributed by atoms with van der Waals surface area (Å²) in [5, 5.41) is 11.8. The van der Waals surface area contributed by atoms with Crippen LogP contribution < -0.4 is 5.32 Å². The number of carbonyl (C=O) groups is 1. The summed E-state index contributed by atoms with van der Waals surface area (Å²) < 4.78 is 26.7. The lowest BCUT2D eigenvalue weighted by Gasteiger charge is -2.19. The monoisotopic (exact) mass is 283 g/mol. The number of amides is 1. The molecule has 1 fully saturated rings. The molecule has 1 amide bonds. The van der Waals surface area contributed by atoms with Crippen LogP contribution in [0, 0.1) is 23.5 Å². The van der Waals surface area contributed by atoms with E-state index in [1.807, 2.05) is 13.8 Å². The Morgan fingerprint density at radius 1 is 1.45 bits per heavy atom. The number of rotatable bonds is 5. The number of halogens is 2. The van der Waals surface area contributed by atoms with Gasteiger partial charge in [-0.2, -0.15) is 0 Å². The molecule has 0 heterocycles. The molecule has 0 spiro atoms. The minimum Gasteiger partial charge on any atom is -0.396 e. The molecule has 0 aromatic heterocycles. The van der Waals surface area contributed by atoms with Gasteiger partial charge in [-0.1, -0.05) is 6.92 Å². The summed E-state index contributed by atoms with van der Waals surface area (Å²) in [7, 11) is 0. The van der Waals surface area contributed by atoms with E-state index >= 15 is 0 Å². The number of benzene rings is 1. The molecule has 1 aliphatic rings. The minimum atomic E-state index is -0.491. The van der Waals surface area contributed by atoms with Gasteiger partial charge in [-0.3, -0.25) is 4.79 Å². The van der Waals surface area contributed by atoms with Crippen LogP contribution in [0.15, 0.2) is 18.2 Å². The average molecular weight is 283 g/mol. The molecule has 1 aromatic rings. The Morgan fingerprint density at radius 3 is 2.80 bits per heavy atom. The molecular formula is C15H19F2NO2. The van der Waals surface area contributed by atoms with Crippen molar-refractivity contribution in [2.75, 3.05) is 6.61 Å². The lowest BCUT2D eigenvalue weighted by Crippen LogP contribution is -2.39. The fraction of sp³-hybridized carbons (Fsp3) is 0.533. The van der Waals surface area contributed by atoms with E-state index in [0.29, 0.717) is 6.42 Å². The Hall–Kier alpha value is -1.49. The first-order valence-electron chi connectivity index (χ1n) is 6.80. The van der Waals surface area contributed by atoms with Crippen LogP contribution >= 0.6 is 0 Å². The molecule has 4 atom stereocenters. The fourth-order valence-corrected chi connectivity index (χ4v) is 2.26. The molecule has 0 saturated heterocycles. The van der Waals surface area contributed by atoms with E-state index in [1.54, 1.807) is 0 Å². The van der Waals surface area contributed by atoms with E-state index in [4.69, 9.17) is 5.11 Å². The van der Waals surface area contributed by atoms with E-state index in [0.717, 1.165) is 18.2 Å². The fourth-order valence-electron chi connectivity index (χ4n) is 2.26. The summed E-state index contributed by atoms with van der Waals surface area (Å²) in [6.45, 7) is 3.65. The number of hydrogen-bond acceptors (Lipinski definition) is 2. The number of aliphatic hydroxyl groups excluding tert-OH is 1. The first kappa shape index (κ1) is 14.9. The van der Waals surface area contributed by atoms with Gasteiger partial charge < -0.3 is 10.4 Å². The van der Waals surface area contributed by atoms with Crippen molar-refractivity contribution in [1.82, 2.24) is 5.32 Å². The first-order valence-corrected chi connectivity index (χ1v) is 6.80. The third kappa shape index (κ3) is 3.15. The highest BCUT2D eigenvalue weighted by Crippen LogP contribution is 2.48. The van der Waals surface area contributed by atoms with Gasteiger partial charge in [0.2, 0.25) is 5.91 Å². The van der Waals surface area contributed by atoms with Gasteiger partial charge in [0, 0.05) is 18.6 Å². The van der Waals surface area contributed by atoms with Gasteiger partial charge in [-0.25, -0.2) is 8.78 Å². The van der Waals surface area contributed by atoms with E-state index < -0.39 is 11.6 Å². The van der Waals surface area contributed by atoms with Crippen molar-refractivity contribution in [3.05, 3.63) is 35.4 Å². The third-order valence-electron chi connectivity index (χ3n) is 4.00. The van der Waals surface area contributed by atoms with Crippen molar-refractivity contribution in [2.45, 2.75) is 32.2 Å². The lowest BCUT2D eigenvalue weighted by molar-refractivity contribution is -0.123. The van der Waals surface area contributed by atoms with Crippen LogP contribution in [-0.2, 0) is 4.79 Å². The number of aliphatic hydroxyl groups is 1. The molecule has 2 rings (SSSR count). The highest BCUT2D eigenvalue weighted by molar-refractivity contribution is 5.83. The molecule has 5 heteroatoms. The summed E-state index contributed by atoms with van der Waals surface area (Å²) in [5.41, 5.74) is 0.271. The number of hydrogen-bond donors (Lipinski definition) is 2. The maximum Gasteiger partial charge on any atom is 0.223 e. The second-order valence-electron chi connectivity index (χ2n) is 5.57. The Balaban J connectivity index is 1.97. The van der Waals surface area contributed by atoms with Crippen LogP contribution in [0.25, 0.3) is 0 Å². The van der Waals surface area contributed by atoms with Crippen molar-refractivity contribution in [3.63, 3.8) is 0 Å². The normalized spacial score (nSPS) is 24.1. The summed E-state index contributed by atoms with van der Waals surface area (Å²) in [6.07, 6.45) is 0.534. The van der Waals surface area contributed by atoms with E-state index in [1.165, 1.54) is 0 Å². The van der Waals surface area contributed by atoms with Crippen molar-refractivity contribution in [2.24, 2.45) is 11.8 Å². The smallest absolute Gasteiger partial charge is 0.223 e. The molecule has 1 saturated carbocycles. The second-order valence-corrected chi connectivity index (χ2v) is 5.57. The lowest BCUT2D eigenvalue weighted by atomic mass is 10.0. The molecule has 0 bridgehead atoms. The van der Waals surface area contributed by atoms with Crippen LogP contribution in [0.4, 0.5) is 8.78 Å². The quantitative estimate of drug-likeness (QED) is 0.870. The van der Waals surface area contributed by atoms with Crippen LogP contribution in [0.3, 0.4) is 0 Å². The Bertz CT molecular complexity index is 507. The van der Waals surface area contributed by atoms with E-state index in [2.05, 4.69) is 5.32 Å². The molecule has 110 valence electrons. The first-order chi connectivity index (χ1) is 9.43. The molecule has 3 nitrogen and oxygen atoms in total. The Morgan fingerprint density at radius 2 is 2.15 bits per heavy atom. The van der Waals surface area contributed by atoms with Crippen molar-refractivity contribution >= 4 is 5.91 Å². The zero-order valence-corrected chi connectivity index (χ0v) is 11.6. The van der Waals surface area contributed by atoms with Gasteiger partial charge in [0.1, 0.15) is 11.6 Å². The molecule has 1 aliphatic carbocycles. The molecule has 1 aromatic carbocycles. The minimum absolute atomic E-state index is 0.00589. The molecule has 0 radical (unpaired) electrons. The second kappa shape index (κ2) is 5.87. The number of carbonyl (C=O) groups excluding carboxylic acids is 1. The summed E-state index contributed by atoms with van der Waals surface area (Å²) in [5.74, 6) is -1.71. The number of nitrogens with one attached hydrogen (secondary N) is 1. The van der Waals surface area contributed by atoms with Crippen LogP contribution in [0.2, 0.25) is 0 Å². The van der Waals surface area contributed by atoms with Crippen molar-refractivity contribution in [3.8, 4) is 0 Å². The topological polar surface area (TPSA) is 49.3 Å². The summed E-state index contributed by atoms with van der Waals surface area (Å²) in [6, 6.07) is 3.18.